The summed E-state index contributed by atoms with van der Waals surface area (Å²) in [5.41, 5.74) is -0.546. The lowest BCUT2D eigenvalue weighted by molar-refractivity contribution is 0.567. The quantitative estimate of drug-likeness (QED) is 0.546. The first kappa shape index (κ1) is 11.0. The normalized spacial score (nSPS) is 10.4. The Morgan fingerprint density at radius 1 is 1.36 bits per heavy atom. The molecule has 0 saturated heterocycles. The van der Waals surface area contributed by atoms with Crippen LogP contribution in [0.2, 0.25) is 0 Å². The maximum atomic E-state index is 11.5. The first-order valence-corrected chi connectivity index (χ1v) is 5.02. The van der Waals surface area contributed by atoms with E-state index in [2.05, 4.69) is 0 Å². The van der Waals surface area contributed by atoms with Gasteiger partial charge in [0.05, 0.1) is 0 Å². The summed E-state index contributed by atoms with van der Waals surface area (Å²) in [6.07, 6.45) is 3.25. The molecule has 0 N–H and O–H groups in total. The molecule has 0 aliphatic heterocycles. The largest absolute Gasteiger partial charge is 0.330 e. The van der Waals surface area contributed by atoms with E-state index >= 15 is 0 Å². The highest BCUT2D eigenvalue weighted by Crippen LogP contribution is 1.93. The minimum Gasteiger partial charge on any atom is -0.300 e. The molecule has 0 aromatic carbocycles. The van der Waals surface area contributed by atoms with Crippen molar-refractivity contribution >= 4 is 11.6 Å². The summed E-state index contributed by atoms with van der Waals surface area (Å²) in [6, 6.07) is 1.39. The van der Waals surface area contributed by atoms with Crippen LogP contribution < -0.4 is 11.2 Å². The Bertz CT molecular complexity index is 408. The molecule has 14 heavy (non-hydrogen) atoms. The second kappa shape index (κ2) is 5.00. The molecular formula is C9H13ClN2O2. The zero-order chi connectivity index (χ0) is 10.6. The van der Waals surface area contributed by atoms with Gasteiger partial charge in [0.1, 0.15) is 0 Å². The molecule has 0 aliphatic rings. The van der Waals surface area contributed by atoms with Crippen LogP contribution in [0.5, 0.6) is 0 Å². The highest BCUT2D eigenvalue weighted by atomic mass is 35.5. The molecular weight excluding hydrogens is 204 g/mol. The Morgan fingerprint density at radius 3 is 2.71 bits per heavy atom. The van der Waals surface area contributed by atoms with Crippen LogP contribution in [0.15, 0.2) is 21.9 Å². The molecule has 78 valence electrons. The van der Waals surface area contributed by atoms with Gasteiger partial charge in [-0.1, -0.05) is 0 Å². The fraction of sp³-hybridized carbons (Fsp3) is 0.556. The summed E-state index contributed by atoms with van der Waals surface area (Å²) in [4.78, 5) is 22.5. The van der Waals surface area contributed by atoms with E-state index in [4.69, 9.17) is 11.6 Å². The number of aromatic nitrogens is 2. The van der Waals surface area contributed by atoms with Crippen LogP contribution >= 0.6 is 11.6 Å². The Balaban J connectivity index is 2.84. The van der Waals surface area contributed by atoms with E-state index in [1.165, 1.54) is 23.9 Å². The SMILES string of the molecule is Cn1c(=O)ccn(CCCCCl)c1=O. The topological polar surface area (TPSA) is 44.0 Å². The van der Waals surface area contributed by atoms with E-state index in [0.29, 0.717) is 12.4 Å². The predicted molar refractivity (Wildman–Crippen MR) is 55.9 cm³/mol. The number of nitrogens with zero attached hydrogens (tertiary/aromatic N) is 2. The third-order valence-corrected chi connectivity index (χ3v) is 2.31. The van der Waals surface area contributed by atoms with Gasteiger partial charge in [0.25, 0.3) is 5.56 Å². The first-order chi connectivity index (χ1) is 6.66. The standard InChI is InChI=1S/C9H13ClN2O2/c1-11-8(13)4-7-12(9(11)14)6-3-2-5-10/h4,7H,2-3,5-6H2,1H3. The molecule has 4 nitrogen and oxygen atoms in total. The fourth-order valence-corrected chi connectivity index (χ4v) is 1.35. The van der Waals surface area contributed by atoms with Crippen molar-refractivity contribution in [3.63, 3.8) is 0 Å². The van der Waals surface area contributed by atoms with Crippen LogP contribution in [0, 0.1) is 0 Å². The third kappa shape index (κ3) is 2.48. The van der Waals surface area contributed by atoms with Crippen LogP contribution in [0.4, 0.5) is 0 Å². The predicted octanol–water partition coefficient (Wildman–Crippen LogP) is 0.566. The smallest absolute Gasteiger partial charge is 0.300 e. The molecule has 1 rings (SSSR count). The van der Waals surface area contributed by atoms with Crippen LogP contribution in [-0.4, -0.2) is 15.0 Å². The summed E-state index contributed by atoms with van der Waals surface area (Å²) >= 11 is 5.52. The van der Waals surface area contributed by atoms with Crippen LogP contribution in [-0.2, 0) is 13.6 Å². The van der Waals surface area contributed by atoms with E-state index in [9.17, 15) is 9.59 Å². The van der Waals surface area contributed by atoms with Gasteiger partial charge >= 0.3 is 5.69 Å². The lowest BCUT2D eigenvalue weighted by atomic mass is 10.3. The Kier molecular flexibility index (Phi) is 3.95. The van der Waals surface area contributed by atoms with Crippen molar-refractivity contribution in [2.45, 2.75) is 19.4 Å². The zero-order valence-corrected chi connectivity index (χ0v) is 8.83. The molecule has 0 bridgehead atoms. The zero-order valence-electron chi connectivity index (χ0n) is 8.07. The maximum absolute atomic E-state index is 11.5. The Labute approximate surface area is 86.7 Å². The summed E-state index contributed by atoms with van der Waals surface area (Å²) in [5.74, 6) is 0.598. The van der Waals surface area contributed by atoms with Crippen molar-refractivity contribution < 1.29 is 0 Å². The Morgan fingerprint density at radius 2 is 2.07 bits per heavy atom. The number of unbranched alkanes of at least 4 members (excludes halogenated alkanes) is 1. The second-order valence-electron chi connectivity index (χ2n) is 3.09. The van der Waals surface area contributed by atoms with Crippen LogP contribution in [0.25, 0.3) is 0 Å². The van der Waals surface area contributed by atoms with Gasteiger partial charge in [0.2, 0.25) is 0 Å². The van der Waals surface area contributed by atoms with Gasteiger partial charge in [-0.3, -0.25) is 9.36 Å². The van der Waals surface area contributed by atoms with Crippen molar-refractivity contribution in [2.75, 3.05) is 5.88 Å². The van der Waals surface area contributed by atoms with E-state index in [-0.39, 0.29) is 11.2 Å². The van der Waals surface area contributed by atoms with Crippen LogP contribution in [0.3, 0.4) is 0 Å². The second-order valence-corrected chi connectivity index (χ2v) is 3.46. The minimum atomic E-state index is -0.274. The monoisotopic (exact) mass is 216 g/mol. The molecule has 1 aromatic rings. The molecule has 5 heteroatoms. The average Bonchev–Trinajstić information content (AvgIpc) is 2.18. The number of rotatable bonds is 4. The molecule has 1 aromatic heterocycles. The molecule has 0 unspecified atom stereocenters. The summed E-state index contributed by atoms with van der Waals surface area (Å²) in [6.45, 7) is 0.611. The van der Waals surface area contributed by atoms with Gasteiger partial charge in [-0.25, -0.2) is 4.79 Å². The molecule has 0 radical (unpaired) electrons. The van der Waals surface area contributed by atoms with E-state index in [1.807, 2.05) is 0 Å². The van der Waals surface area contributed by atoms with Crippen molar-refractivity contribution in [1.82, 2.24) is 9.13 Å². The lowest BCUT2D eigenvalue weighted by Crippen LogP contribution is -2.36. The summed E-state index contributed by atoms with van der Waals surface area (Å²) in [7, 11) is 1.47. The highest BCUT2D eigenvalue weighted by Gasteiger charge is 1.99. The third-order valence-electron chi connectivity index (χ3n) is 2.04. The van der Waals surface area contributed by atoms with Crippen molar-refractivity contribution in [1.29, 1.82) is 0 Å². The first-order valence-electron chi connectivity index (χ1n) is 4.49. The van der Waals surface area contributed by atoms with Gasteiger partial charge in [0, 0.05) is 31.7 Å². The Hall–Kier alpha value is -1.03. The minimum absolute atomic E-state index is 0.271. The van der Waals surface area contributed by atoms with Gasteiger partial charge in [0.15, 0.2) is 0 Å². The number of alkyl halides is 1. The number of halogens is 1. The van der Waals surface area contributed by atoms with E-state index in [1.54, 1.807) is 0 Å². The summed E-state index contributed by atoms with van der Waals surface area (Å²) in [5, 5.41) is 0. The highest BCUT2D eigenvalue weighted by molar-refractivity contribution is 6.17. The van der Waals surface area contributed by atoms with Crippen LogP contribution in [0.1, 0.15) is 12.8 Å². The van der Waals surface area contributed by atoms with E-state index in [0.717, 1.165) is 17.4 Å². The number of hydrogen-bond donors (Lipinski definition) is 0. The van der Waals surface area contributed by atoms with Crippen molar-refractivity contribution in [3.8, 4) is 0 Å². The fourth-order valence-electron chi connectivity index (χ4n) is 1.16. The van der Waals surface area contributed by atoms with Crippen molar-refractivity contribution in [2.24, 2.45) is 7.05 Å². The van der Waals surface area contributed by atoms with Gasteiger partial charge < -0.3 is 4.57 Å². The number of hydrogen-bond acceptors (Lipinski definition) is 2. The van der Waals surface area contributed by atoms with Gasteiger partial charge in [-0.2, -0.15) is 0 Å². The van der Waals surface area contributed by atoms with Gasteiger partial charge in [-0.05, 0) is 12.8 Å². The van der Waals surface area contributed by atoms with Gasteiger partial charge in [-0.15, -0.1) is 11.6 Å². The van der Waals surface area contributed by atoms with Crippen molar-refractivity contribution in [3.05, 3.63) is 33.1 Å². The molecule has 1 heterocycles. The molecule has 0 aliphatic carbocycles. The lowest BCUT2D eigenvalue weighted by Gasteiger charge is -2.05. The molecule has 0 amide bonds. The maximum Gasteiger partial charge on any atom is 0.330 e. The molecule has 0 saturated carbocycles. The molecule has 0 atom stereocenters. The molecule has 0 fully saturated rings. The summed E-state index contributed by atoms with van der Waals surface area (Å²) < 4.78 is 2.62. The number of aryl methyl sites for hydroxylation is 1. The van der Waals surface area contributed by atoms with E-state index < -0.39 is 0 Å². The average molecular weight is 217 g/mol. The molecule has 0 spiro atoms.